The lowest BCUT2D eigenvalue weighted by atomic mass is 10.1. The summed E-state index contributed by atoms with van der Waals surface area (Å²) in [6, 6.07) is 0. The van der Waals surface area contributed by atoms with Gasteiger partial charge in [0.2, 0.25) is 5.79 Å². The largest absolute Gasteiger partial charge is 0.391 e. The zero-order valence-electron chi connectivity index (χ0n) is 6.22. The molecule has 0 aromatic carbocycles. The number of aliphatic hydroxyl groups excluding tert-OH is 3. The summed E-state index contributed by atoms with van der Waals surface area (Å²) >= 11 is 0. The highest BCUT2D eigenvalue weighted by molar-refractivity contribution is 4.94. The Morgan fingerprint density at radius 2 is 2.00 bits per heavy atom. The average molecular weight is 182 g/mol. The van der Waals surface area contributed by atoms with Crippen LogP contribution in [-0.2, 0) is 4.74 Å². The topological polar surface area (TPSA) is 90.2 Å². The van der Waals surface area contributed by atoms with Crippen molar-refractivity contribution in [1.29, 1.82) is 0 Å². The fourth-order valence-corrected chi connectivity index (χ4v) is 1.13. The Kier molecular flexibility index (Phi) is 2.64. The predicted octanol–water partition coefficient (Wildman–Crippen LogP) is -2.24. The van der Waals surface area contributed by atoms with E-state index in [2.05, 4.69) is 4.74 Å². The molecule has 4 atom stereocenters. The van der Waals surface area contributed by atoms with E-state index >= 15 is 0 Å². The zero-order chi connectivity index (χ0) is 9.35. The normalized spacial score (nSPS) is 48.2. The first-order valence-electron chi connectivity index (χ1n) is 3.48. The van der Waals surface area contributed by atoms with Crippen LogP contribution in [0.4, 0.5) is 4.39 Å². The van der Waals surface area contributed by atoms with Gasteiger partial charge in [-0.2, -0.15) is 0 Å². The Morgan fingerprint density at radius 1 is 1.42 bits per heavy atom. The van der Waals surface area contributed by atoms with Crippen molar-refractivity contribution in [2.24, 2.45) is 0 Å². The third kappa shape index (κ3) is 1.32. The Labute approximate surface area is 68.0 Å². The molecule has 4 N–H and O–H groups in total. The maximum Gasteiger partial charge on any atom is 0.219 e. The SMILES string of the molecule is OC[C@@]1(O)O[C@H](CF)[C@@H](O)[C@@H]1O. The van der Waals surface area contributed by atoms with Crippen LogP contribution in [0.1, 0.15) is 0 Å². The van der Waals surface area contributed by atoms with Crippen molar-refractivity contribution in [3.05, 3.63) is 0 Å². The van der Waals surface area contributed by atoms with Crippen molar-refractivity contribution in [3.63, 3.8) is 0 Å². The van der Waals surface area contributed by atoms with Crippen LogP contribution < -0.4 is 0 Å². The second kappa shape index (κ2) is 3.23. The second-order valence-corrected chi connectivity index (χ2v) is 2.75. The van der Waals surface area contributed by atoms with Gasteiger partial charge < -0.3 is 25.2 Å². The molecule has 0 aliphatic carbocycles. The monoisotopic (exact) mass is 182 g/mol. The van der Waals surface area contributed by atoms with Gasteiger partial charge in [-0.25, -0.2) is 4.39 Å². The zero-order valence-corrected chi connectivity index (χ0v) is 6.22. The predicted molar refractivity (Wildman–Crippen MR) is 34.9 cm³/mol. The fourth-order valence-electron chi connectivity index (χ4n) is 1.13. The standard InChI is InChI=1S/C6H11FO5/c7-1-3-4(9)5(10)6(11,2-8)12-3/h3-5,8-11H,1-2H2/t3-,4-,5+,6-/m1/s1. The first-order chi connectivity index (χ1) is 5.55. The molecule has 72 valence electrons. The molecule has 1 aliphatic rings. The highest BCUT2D eigenvalue weighted by Gasteiger charge is 2.52. The van der Waals surface area contributed by atoms with Gasteiger partial charge in [0.25, 0.3) is 0 Å². The minimum Gasteiger partial charge on any atom is -0.391 e. The number of ether oxygens (including phenoxy) is 1. The molecular weight excluding hydrogens is 171 g/mol. The molecule has 0 amide bonds. The summed E-state index contributed by atoms with van der Waals surface area (Å²) in [5.74, 6) is -2.24. The van der Waals surface area contributed by atoms with E-state index in [-0.39, 0.29) is 0 Å². The van der Waals surface area contributed by atoms with Crippen molar-refractivity contribution in [3.8, 4) is 0 Å². The second-order valence-electron chi connectivity index (χ2n) is 2.75. The number of halogens is 1. The Bertz CT molecular complexity index is 166. The number of hydrogen-bond donors (Lipinski definition) is 4. The molecule has 1 aliphatic heterocycles. The van der Waals surface area contributed by atoms with E-state index in [9.17, 15) is 9.50 Å². The summed E-state index contributed by atoms with van der Waals surface area (Å²) in [4.78, 5) is 0. The van der Waals surface area contributed by atoms with E-state index in [4.69, 9.17) is 15.3 Å². The molecule has 1 saturated heterocycles. The summed E-state index contributed by atoms with van der Waals surface area (Å²) < 4.78 is 16.5. The van der Waals surface area contributed by atoms with Crippen molar-refractivity contribution in [1.82, 2.24) is 0 Å². The molecule has 0 aromatic rings. The first-order valence-corrected chi connectivity index (χ1v) is 3.48. The third-order valence-electron chi connectivity index (χ3n) is 1.90. The summed E-state index contributed by atoms with van der Waals surface area (Å²) in [7, 11) is 0. The lowest BCUT2D eigenvalue weighted by Crippen LogP contribution is -2.46. The van der Waals surface area contributed by atoms with Gasteiger partial charge >= 0.3 is 0 Å². The molecule has 1 heterocycles. The molecule has 0 radical (unpaired) electrons. The van der Waals surface area contributed by atoms with Crippen molar-refractivity contribution < 1.29 is 29.6 Å². The highest BCUT2D eigenvalue weighted by Crippen LogP contribution is 2.28. The summed E-state index contributed by atoms with van der Waals surface area (Å²) in [6.07, 6.45) is -4.47. The number of alkyl halides is 1. The van der Waals surface area contributed by atoms with E-state index in [1.54, 1.807) is 0 Å². The molecular formula is C6H11FO5. The molecule has 1 fully saturated rings. The molecule has 0 saturated carbocycles. The minimum absolute atomic E-state index is 0.887. The maximum atomic E-state index is 12.0. The highest BCUT2D eigenvalue weighted by atomic mass is 19.1. The average Bonchev–Trinajstić information content (AvgIpc) is 2.31. The van der Waals surface area contributed by atoms with E-state index in [0.717, 1.165) is 0 Å². The minimum atomic E-state index is -2.24. The Hall–Kier alpha value is -0.270. The molecule has 6 heteroatoms. The van der Waals surface area contributed by atoms with Crippen molar-refractivity contribution in [2.75, 3.05) is 13.3 Å². The van der Waals surface area contributed by atoms with E-state index in [1.165, 1.54) is 0 Å². The van der Waals surface area contributed by atoms with Crippen LogP contribution in [0.2, 0.25) is 0 Å². The van der Waals surface area contributed by atoms with Gasteiger partial charge in [0.15, 0.2) is 0 Å². The van der Waals surface area contributed by atoms with E-state index in [0.29, 0.717) is 0 Å². The Morgan fingerprint density at radius 3 is 2.25 bits per heavy atom. The Balaban J connectivity index is 2.72. The number of aliphatic hydroxyl groups is 4. The molecule has 12 heavy (non-hydrogen) atoms. The molecule has 1 rings (SSSR count). The van der Waals surface area contributed by atoms with E-state index < -0.39 is 37.4 Å². The van der Waals surface area contributed by atoms with Gasteiger partial charge in [-0.05, 0) is 0 Å². The molecule has 0 bridgehead atoms. The quantitative estimate of drug-likeness (QED) is 0.387. The van der Waals surface area contributed by atoms with Gasteiger partial charge in [-0.1, -0.05) is 0 Å². The van der Waals surface area contributed by atoms with Crippen LogP contribution in [-0.4, -0.2) is 57.8 Å². The summed E-state index contributed by atoms with van der Waals surface area (Å²) in [5, 5.41) is 35.9. The number of rotatable bonds is 2. The van der Waals surface area contributed by atoms with Gasteiger partial charge in [-0.15, -0.1) is 0 Å². The molecule has 5 nitrogen and oxygen atoms in total. The van der Waals surface area contributed by atoms with Gasteiger partial charge in [0, 0.05) is 0 Å². The lowest BCUT2D eigenvalue weighted by Gasteiger charge is -2.22. The third-order valence-corrected chi connectivity index (χ3v) is 1.90. The fraction of sp³-hybridized carbons (Fsp3) is 1.00. The molecule has 0 unspecified atom stereocenters. The van der Waals surface area contributed by atoms with Crippen LogP contribution in [0.5, 0.6) is 0 Å². The first kappa shape index (κ1) is 9.82. The van der Waals surface area contributed by atoms with Gasteiger partial charge in [0.05, 0.1) is 6.61 Å². The summed E-state index contributed by atoms with van der Waals surface area (Å²) in [5.41, 5.74) is 0. The van der Waals surface area contributed by atoms with Crippen LogP contribution in [0.3, 0.4) is 0 Å². The molecule has 0 aromatic heterocycles. The van der Waals surface area contributed by atoms with Crippen LogP contribution in [0, 0.1) is 0 Å². The van der Waals surface area contributed by atoms with Crippen molar-refractivity contribution >= 4 is 0 Å². The lowest BCUT2D eigenvalue weighted by molar-refractivity contribution is -0.246. The van der Waals surface area contributed by atoms with Crippen molar-refractivity contribution in [2.45, 2.75) is 24.1 Å². The summed E-state index contributed by atoms with van der Waals surface area (Å²) in [6.45, 7) is -1.91. The van der Waals surface area contributed by atoms with Gasteiger partial charge in [-0.3, -0.25) is 0 Å². The van der Waals surface area contributed by atoms with Crippen LogP contribution in [0.25, 0.3) is 0 Å². The van der Waals surface area contributed by atoms with Crippen LogP contribution in [0.15, 0.2) is 0 Å². The van der Waals surface area contributed by atoms with E-state index in [1.807, 2.05) is 0 Å². The van der Waals surface area contributed by atoms with Gasteiger partial charge in [0.1, 0.15) is 25.0 Å². The maximum absolute atomic E-state index is 12.0. The molecule has 0 spiro atoms. The smallest absolute Gasteiger partial charge is 0.219 e. The van der Waals surface area contributed by atoms with Crippen LogP contribution >= 0.6 is 0 Å². The number of hydrogen-bond acceptors (Lipinski definition) is 5.